The molecule has 1 aliphatic heterocycles. The number of esters is 1. The Bertz CT molecular complexity index is 243. The Morgan fingerprint density at radius 2 is 2.13 bits per heavy atom. The molecule has 86 valence electrons. The van der Waals surface area contributed by atoms with Gasteiger partial charge < -0.3 is 14.2 Å². The van der Waals surface area contributed by atoms with Crippen LogP contribution in [0.15, 0.2) is 0 Å². The molecular weight excluding hydrogens is 268 g/mol. The van der Waals surface area contributed by atoms with Gasteiger partial charge in [-0.25, -0.2) is 4.79 Å². The number of halogens is 1. The summed E-state index contributed by atoms with van der Waals surface area (Å²) in [6.45, 7) is 2.03. The summed E-state index contributed by atoms with van der Waals surface area (Å²) in [5.41, 5.74) is -0.875. The maximum atomic E-state index is 11.6. The zero-order chi connectivity index (χ0) is 11.3. The molecule has 0 aromatic rings. The number of alkyl halides is 1. The van der Waals surface area contributed by atoms with Crippen LogP contribution in [-0.2, 0) is 19.0 Å². The van der Waals surface area contributed by atoms with Crippen LogP contribution in [0.2, 0.25) is 0 Å². The number of hydrogen-bond donors (Lipinski definition) is 0. The van der Waals surface area contributed by atoms with Gasteiger partial charge in [0.2, 0.25) is 0 Å². The zero-order valence-corrected chi connectivity index (χ0v) is 10.0. The Labute approximate surface area is 96.2 Å². The largest absolute Gasteiger partial charge is 0.508 e. The average Bonchev–Trinajstić information content (AvgIpc) is 2.23. The summed E-state index contributed by atoms with van der Waals surface area (Å²) >= 11 is 3.23. The second-order valence-corrected chi connectivity index (χ2v) is 4.36. The van der Waals surface area contributed by atoms with Crippen molar-refractivity contribution in [3.05, 3.63) is 0 Å². The molecule has 15 heavy (non-hydrogen) atoms. The molecule has 0 bridgehead atoms. The molecule has 1 saturated heterocycles. The van der Waals surface area contributed by atoms with Crippen molar-refractivity contribution < 1.29 is 23.8 Å². The molecule has 0 aromatic heterocycles. The first-order valence-corrected chi connectivity index (χ1v) is 5.73. The summed E-state index contributed by atoms with van der Waals surface area (Å²) in [4.78, 5) is 22.2. The molecule has 1 aliphatic rings. The first kappa shape index (κ1) is 12.3. The summed E-state index contributed by atoms with van der Waals surface area (Å²) in [7, 11) is 0. The number of cyclic esters (lactones) is 2. The Morgan fingerprint density at radius 3 is 2.67 bits per heavy atom. The molecule has 0 radical (unpaired) electrons. The highest BCUT2D eigenvalue weighted by molar-refractivity contribution is 9.09. The molecule has 0 N–H and O–H groups in total. The third kappa shape index (κ3) is 3.37. The van der Waals surface area contributed by atoms with Gasteiger partial charge in [-0.15, -0.1) is 0 Å². The first-order chi connectivity index (χ1) is 7.08. The molecular formula is C9H13BrO5. The monoisotopic (exact) mass is 280 g/mol. The number of carbonyl (C=O) groups excluding carboxylic acids is 2. The predicted molar refractivity (Wildman–Crippen MR) is 54.8 cm³/mol. The lowest BCUT2D eigenvalue weighted by Gasteiger charge is -2.29. The van der Waals surface area contributed by atoms with E-state index in [0.29, 0.717) is 6.61 Å². The van der Waals surface area contributed by atoms with Crippen LogP contribution in [-0.4, -0.2) is 37.3 Å². The second-order valence-electron chi connectivity index (χ2n) is 3.57. The van der Waals surface area contributed by atoms with E-state index in [-0.39, 0.29) is 13.2 Å². The van der Waals surface area contributed by atoms with Gasteiger partial charge in [0.25, 0.3) is 0 Å². The van der Waals surface area contributed by atoms with Crippen molar-refractivity contribution in [2.75, 3.05) is 25.2 Å². The fourth-order valence-electron chi connectivity index (χ4n) is 1.03. The lowest BCUT2D eigenvalue weighted by Crippen LogP contribution is -2.44. The van der Waals surface area contributed by atoms with Crippen LogP contribution in [0.25, 0.3) is 0 Å². The van der Waals surface area contributed by atoms with Crippen LogP contribution < -0.4 is 0 Å². The normalized spacial score (nSPS) is 18.9. The van der Waals surface area contributed by atoms with Gasteiger partial charge in [0, 0.05) is 5.33 Å². The van der Waals surface area contributed by atoms with Gasteiger partial charge in [0.05, 0.1) is 6.61 Å². The summed E-state index contributed by atoms with van der Waals surface area (Å²) in [5.74, 6) is -0.393. The van der Waals surface area contributed by atoms with Crippen molar-refractivity contribution in [1.82, 2.24) is 0 Å². The summed E-state index contributed by atoms with van der Waals surface area (Å²) in [6, 6.07) is 0. The molecule has 0 spiro atoms. The minimum atomic E-state index is -0.875. The molecule has 1 heterocycles. The maximum absolute atomic E-state index is 11.6. The second kappa shape index (κ2) is 5.34. The molecule has 1 rings (SSSR count). The van der Waals surface area contributed by atoms with Gasteiger partial charge in [-0.05, 0) is 13.3 Å². The van der Waals surface area contributed by atoms with Gasteiger partial charge in [0.1, 0.15) is 18.6 Å². The van der Waals surface area contributed by atoms with E-state index in [0.717, 1.165) is 11.8 Å². The molecule has 0 saturated carbocycles. The predicted octanol–water partition coefficient (Wildman–Crippen LogP) is 1.49. The first-order valence-electron chi connectivity index (χ1n) is 4.61. The number of rotatable bonds is 4. The van der Waals surface area contributed by atoms with Gasteiger partial charge in [-0.2, -0.15) is 0 Å². The maximum Gasteiger partial charge on any atom is 0.508 e. The minimum Gasteiger partial charge on any atom is -0.465 e. The van der Waals surface area contributed by atoms with Crippen LogP contribution in [0, 0.1) is 5.41 Å². The van der Waals surface area contributed by atoms with Crippen molar-refractivity contribution in [1.29, 1.82) is 0 Å². The molecule has 0 amide bonds. The smallest absolute Gasteiger partial charge is 0.465 e. The third-order valence-electron chi connectivity index (χ3n) is 2.02. The van der Waals surface area contributed by atoms with Crippen molar-refractivity contribution in [3.63, 3.8) is 0 Å². The molecule has 5 nitrogen and oxygen atoms in total. The van der Waals surface area contributed by atoms with Crippen LogP contribution in [0.5, 0.6) is 0 Å². The number of ether oxygens (including phenoxy) is 3. The van der Waals surface area contributed by atoms with Gasteiger partial charge in [0.15, 0.2) is 0 Å². The Morgan fingerprint density at radius 1 is 1.53 bits per heavy atom. The van der Waals surface area contributed by atoms with Crippen molar-refractivity contribution >= 4 is 28.1 Å². The highest BCUT2D eigenvalue weighted by Crippen LogP contribution is 2.24. The standard InChI is InChI=1S/C9H13BrO5/c1-9(5-14-8(12)15-6-9)7(11)13-4-2-3-10/h2-6H2,1H3. The molecule has 0 atom stereocenters. The van der Waals surface area contributed by atoms with E-state index in [4.69, 9.17) is 4.74 Å². The van der Waals surface area contributed by atoms with Gasteiger partial charge in [-0.3, -0.25) is 4.79 Å². The Kier molecular flexibility index (Phi) is 4.38. The lowest BCUT2D eigenvalue weighted by molar-refractivity contribution is -0.166. The lowest BCUT2D eigenvalue weighted by atomic mass is 9.93. The van der Waals surface area contributed by atoms with E-state index in [9.17, 15) is 9.59 Å². The zero-order valence-electron chi connectivity index (χ0n) is 8.45. The van der Waals surface area contributed by atoms with Crippen LogP contribution in [0.3, 0.4) is 0 Å². The Balaban J connectivity index is 2.40. The summed E-state index contributed by atoms with van der Waals surface area (Å²) in [6.07, 6.45) is 0.0170. The topological polar surface area (TPSA) is 61.8 Å². The van der Waals surface area contributed by atoms with Crippen molar-refractivity contribution in [3.8, 4) is 0 Å². The minimum absolute atomic E-state index is 0.0129. The quantitative estimate of drug-likeness (QED) is 0.444. The number of carbonyl (C=O) groups is 2. The van der Waals surface area contributed by atoms with Crippen LogP contribution in [0.4, 0.5) is 4.79 Å². The average molecular weight is 281 g/mol. The van der Waals surface area contributed by atoms with E-state index in [1.165, 1.54) is 0 Å². The highest BCUT2D eigenvalue weighted by Gasteiger charge is 2.41. The van der Waals surface area contributed by atoms with Crippen molar-refractivity contribution in [2.45, 2.75) is 13.3 Å². The van der Waals surface area contributed by atoms with E-state index in [1.807, 2.05) is 0 Å². The van der Waals surface area contributed by atoms with Crippen LogP contribution >= 0.6 is 15.9 Å². The Hall–Kier alpha value is -0.780. The molecule has 6 heteroatoms. The summed E-state index contributed by atoms with van der Waals surface area (Å²) < 4.78 is 14.3. The van der Waals surface area contributed by atoms with E-state index in [2.05, 4.69) is 25.4 Å². The number of hydrogen-bond acceptors (Lipinski definition) is 5. The van der Waals surface area contributed by atoms with E-state index in [1.54, 1.807) is 6.92 Å². The van der Waals surface area contributed by atoms with Crippen LogP contribution in [0.1, 0.15) is 13.3 Å². The van der Waals surface area contributed by atoms with Gasteiger partial charge >= 0.3 is 12.1 Å². The molecule has 0 aliphatic carbocycles. The third-order valence-corrected chi connectivity index (χ3v) is 2.58. The molecule has 0 aromatic carbocycles. The van der Waals surface area contributed by atoms with E-state index < -0.39 is 17.5 Å². The van der Waals surface area contributed by atoms with Gasteiger partial charge in [-0.1, -0.05) is 15.9 Å². The summed E-state index contributed by atoms with van der Waals surface area (Å²) in [5, 5.41) is 0.780. The fourth-order valence-corrected chi connectivity index (χ4v) is 1.26. The molecule has 1 fully saturated rings. The van der Waals surface area contributed by atoms with Crippen molar-refractivity contribution in [2.24, 2.45) is 5.41 Å². The van der Waals surface area contributed by atoms with E-state index >= 15 is 0 Å². The highest BCUT2D eigenvalue weighted by atomic mass is 79.9. The molecule has 0 unspecified atom stereocenters. The fraction of sp³-hybridized carbons (Fsp3) is 0.778. The SMILES string of the molecule is CC1(C(=O)OCCCBr)COC(=O)OC1.